The number of nitrogens with zero attached hydrogens (tertiary/aromatic N) is 2. The first kappa shape index (κ1) is 24.4. The van der Waals surface area contributed by atoms with E-state index in [0.717, 1.165) is 0 Å². The zero-order valence-corrected chi connectivity index (χ0v) is 19.0. The fourth-order valence-electron chi connectivity index (χ4n) is 3.89. The number of carbonyl (C=O) groups is 1. The van der Waals surface area contributed by atoms with E-state index in [2.05, 4.69) is 15.3 Å². The van der Waals surface area contributed by atoms with E-state index in [1.165, 1.54) is 42.7 Å². The fraction of sp³-hybridized carbons (Fsp3) is 0.435. The molecule has 2 aliphatic rings. The summed E-state index contributed by atoms with van der Waals surface area (Å²) in [4.78, 5) is 21.2. The lowest BCUT2D eigenvalue weighted by Crippen LogP contribution is -2.16. The number of aromatic nitrogens is 2. The van der Waals surface area contributed by atoms with Crippen molar-refractivity contribution < 1.29 is 32.2 Å². The SMILES string of the molecule is O=C(Nc1cnc(C(O)CO)cn1)C(=CC1C[C@@H](F)[C@@H](F)C1)c1ccc(S(=O)(=O)C2CC2)cc1. The number of benzene rings is 1. The summed E-state index contributed by atoms with van der Waals surface area (Å²) in [5, 5.41) is 20.8. The normalized spacial score (nSPS) is 24.1. The topological polar surface area (TPSA) is 129 Å². The second-order valence-corrected chi connectivity index (χ2v) is 10.8. The quantitative estimate of drug-likeness (QED) is 0.482. The third-order valence-electron chi connectivity index (χ3n) is 5.98. The van der Waals surface area contributed by atoms with Crippen LogP contribution < -0.4 is 5.32 Å². The number of halogens is 2. The molecule has 182 valence electrons. The molecule has 0 aliphatic heterocycles. The zero-order valence-electron chi connectivity index (χ0n) is 18.1. The summed E-state index contributed by atoms with van der Waals surface area (Å²) in [6.45, 7) is -0.535. The number of aliphatic hydroxyl groups excluding tert-OH is 2. The average molecular weight is 494 g/mol. The maximum absolute atomic E-state index is 13.7. The molecule has 3 N–H and O–H groups in total. The van der Waals surface area contributed by atoms with Crippen molar-refractivity contribution >= 4 is 27.1 Å². The molecule has 1 amide bonds. The molecule has 2 aliphatic carbocycles. The van der Waals surface area contributed by atoms with Crippen LogP contribution in [0.1, 0.15) is 43.0 Å². The van der Waals surface area contributed by atoms with Gasteiger partial charge in [-0.2, -0.15) is 0 Å². The molecule has 11 heteroatoms. The van der Waals surface area contributed by atoms with Crippen molar-refractivity contribution in [1.82, 2.24) is 9.97 Å². The van der Waals surface area contributed by atoms with E-state index in [-0.39, 0.29) is 40.1 Å². The van der Waals surface area contributed by atoms with Crippen LogP contribution in [0.2, 0.25) is 0 Å². The average Bonchev–Trinajstić information content (AvgIpc) is 3.64. The highest BCUT2D eigenvalue weighted by Crippen LogP contribution is 2.36. The monoisotopic (exact) mass is 493 g/mol. The molecule has 0 saturated heterocycles. The molecule has 34 heavy (non-hydrogen) atoms. The second kappa shape index (κ2) is 9.85. The molecule has 2 saturated carbocycles. The second-order valence-electron chi connectivity index (χ2n) is 8.59. The maximum Gasteiger partial charge on any atom is 0.257 e. The summed E-state index contributed by atoms with van der Waals surface area (Å²) in [5.41, 5.74) is 0.644. The molecule has 1 aromatic carbocycles. The highest BCUT2D eigenvalue weighted by molar-refractivity contribution is 7.92. The first-order valence-electron chi connectivity index (χ1n) is 11.0. The molecule has 4 atom stereocenters. The Morgan fingerprint density at radius 1 is 1.12 bits per heavy atom. The predicted molar refractivity (Wildman–Crippen MR) is 120 cm³/mol. The lowest BCUT2D eigenvalue weighted by atomic mass is 9.98. The lowest BCUT2D eigenvalue weighted by molar-refractivity contribution is -0.111. The van der Waals surface area contributed by atoms with Crippen LogP contribution in [0, 0.1) is 5.92 Å². The number of hydrogen-bond acceptors (Lipinski definition) is 7. The third kappa shape index (κ3) is 5.31. The van der Waals surface area contributed by atoms with Crippen molar-refractivity contribution in [1.29, 1.82) is 0 Å². The van der Waals surface area contributed by atoms with E-state index in [4.69, 9.17) is 5.11 Å². The Morgan fingerprint density at radius 2 is 1.76 bits per heavy atom. The summed E-state index contributed by atoms with van der Waals surface area (Å²) in [6, 6.07) is 5.86. The van der Waals surface area contributed by atoms with Gasteiger partial charge >= 0.3 is 0 Å². The Morgan fingerprint density at radius 3 is 2.29 bits per heavy atom. The number of aliphatic hydroxyl groups is 2. The predicted octanol–water partition coefficient (Wildman–Crippen LogP) is 2.55. The largest absolute Gasteiger partial charge is 0.393 e. The number of hydrogen-bond donors (Lipinski definition) is 3. The van der Waals surface area contributed by atoms with E-state index in [1.54, 1.807) is 0 Å². The van der Waals surface area contributed by atoms with Crippen LogP contribution in [-0.4, -0.2) is 58.7 Å². The van der Waals surface area contributed by atoms with Gasteiger partial charge in [-0.1, -0.05) is 18.2 Å². The minimum absolute atomic E-state index is 0.0559. The van der Waals surface area contributed by atoms with Crippen molar-refractivity contribution in [2.24, 2.45) is 5.92 Å². The third-order valence-corrected chi connectivity index (χ3v) is 8.26. The van der Waals surface area contributed by atoms with E-state index in [1.807, 2.05) is 0 Å². The summed E-state index contributed by atoms with van der Waals surface area (Å²) in [7, 11) is -3.40. The highest BCUT2D eigenvalue weighted by Gasteiger charge is 2.37. The molecule has 0 bridgehead atoms. The molecule has 4 rings (SSSR count). The maximum atomic E-state index is 13.7. The summed E-state index contributed by atoms with van der Waals surface area (Å²) >= 11 is 0. The van der Waals surface area contributed by atoms with Crippen LogP contribution in [0.15, 0.2) is 47.6 Å². The Labute approximate surface area is 195 Å². The van der Waals surface area contributed by atoms with E-state index >= 15 is 0 Å². The van der Waals surface area contributed by atoms with Crippen LogP contribution in [0.25, 0.3) is 5.57 Å². The van der Waals surface area contributed by atoms with Gasteiger partial charge in [0.05, 0.1) is 34.8 Å². The minimum atomic E-state index is -3.40. The molecular weight excluding hydrogens is 468 g/mol. The minimum Gasteiger partial charge on any atom is -0.393 e. The number of amides is 1. The Balaban J connectivity index is 1.60. The highest BCUT2D eigenvalue weighted by atomic mass is 32.2. The van der Waals surface area contributed by atoms with Crippen molar-refractivity contribution in [3.8, 4) is 0 Å². The van der Waals surface area contributed by atoms with Gasteiger partial charge in [-0.3, -0.25) is 9.78 Å². The van der Waals surface area contributed by atoms with E-state index < -0.39 is 46.7 Å². The first-order chi connectivity index (χ1) is 16.2. The number of nitrogens with one attached hydrogen (secondary N) is 1. The number of anilines is 1. The van der Waals surface area contributed by atoms with E-state index in [0.29, 0.717) is 18.4 Å². The van der Waals surface area contributed by atoms with Gasteiger partial charge < -0.3 is 15.5 Å². The molecule has 1 aromatic heterocycles. The molecule has 2 fully saturated rings. The molecule has 1 heterocycles. The Kier molecular flexibility index (Phi) is 7.06. The molecule has 0 radical (unpaired) electrons. The molecule has 0 spiro atoms. The summed E-state index contributed by atoms with van der Waals surface area (Å²) < 4.78 is 52.4. The van der Waals surface area contributed by atoms with Gasteiger partial charge in [-0.15, -0.1) is 0 Å². The first-order valence-corrected chi connectivity index (χ1v) is 12.5. The number of alkyl halides is 2. The summed E-state index contributed by atoms with van der Waals surface area (Å²) in [6.07, 6.45) is 0.647. The number of carbonyl (C=O) groups excluding carboxylic acids is 1. The molecule has 2 unspecified atom stereocenters. The van der Waals surface area contributed by atoms with Gasteiger partial charge in [-0.25, -0.2) is 22.2 Å². The van der Waals surface area contributed by atoms with Crippen molar-refractivity contribution in [3.63, 3.8) is 0 Å². The van der Waals surface area contributed by atoms with E-state index in [9.17, 15) is 27.1 Å². The molecular formula is C23H25F2N3O5S. The number of rotatable bonds is 8. The van der Waals surface area contributed by atoms with Crippen LogP contribution in [0.3, 0.4) is 0 Å². The van der Waals surface area contributed by atoms with Gasteiger partial charge in [0.2, 0.25) is 0 Å². The standard InChI is InChI=1S/C23H25F2N3O5S/c24-18-8-13(9-19(18)25)7-17(14-1-3-15(4-2-14)34(32,33)16-5-6-16)23(31)28-22-11-26-20(10-27-22)21(30)12-29/h1-4,7,10-11,13,16,18-19,21,29-30H,5-6,8-9,12H2,(H,27,28,31)/t13?,18-,19+,21?. The van der Waals surface area contributed by atoms with Crippen LogP contribution in [0.4, 0.5) is 14.6 Å². The molecule has 8 nitrogen and oxygen atoms in total. The number of allylic oxidation sites excluding steroid dienone is 1. The van der Waals surface area contributed by atoms with Crippen molar-refractivity contribution in [2.75, 3.05) is 11.9 Å². The zero-order chi connectivity index (χ0) is 24.5. The fourth-order valence-corrected chi connectivity index (χ4v) is 5.55. The van der Waals surface area contributed by atoms with Gasteiger partial charge in [0.15, 0.2) is 15.7 Å². The lowest BCUT2D eigenvalue weighted by Gasteiger charge is -2.13. The Hall–Kier alpha value is -2.76. The number of sulfone groups is 1. The van der Waals surface area contributed by atoms with Crippen molar-refractivity contribution in [3.05, 3.63) is 54.0 Å². The van der Waals surface area contributed by atoms with Crippen LogP contribution in [0.5, 0.6) is 0 Å². The van der Waals surface area contributed by atoms with Gasteiger partial charge in [-0.05, 0) is 49.3 Å². The van der Waals surface area contributed by atoms with Gasteiger partial charge in [0.1, 0.15) is 18.4 Å². The van der Waals surface area contributed by atoms with Crippen LogP contribution >= 0.6 is 0 Å². The van der Waals surface area contributed by atoms with Crippen LogP contribution in [-0.2, 0) is 14.6 Å². The van der Waals surface area contributed by atoms with Crippen molar-refractivity contribution in [2.45, 2.75) is 54.3 Å². The molecule has 2 aromatic rings. The smallest absolute Gasteiger partial charge is 0.257 e. The Bertz CT molecular complexity index is 1160. The summed E-state index contributed by atoms with van der Waals surface area (Å²) in [5.74, 6) is -1.05. The van der Waals surface area contributed by atoms with Gasteiger partial charge in [0.25, 0.3) is 5.91 Å². The van der Waals surface area contributed by atoms with Gasteiger partial charge in [0, 0.05) is 5.57 Å².